The van der Waals surface area contributed by atoms with Crippen LogP contribution < -0.4 is 9.57 Å². The van der Waals surface area contributed by atoms with Crippen molar-refractivity contribution in [2.75, 3.05) is 0 Å². The lowest BCUT2D eigenvalue weighted by Gasteiger charge is -2.52. The number of alkyl halides is 6. The van der Waals surface area contributed by atoms with E-state index in [0.29, 0.717) is 19.0 Å². The lowest BCUT2D eigenvalue weighted by Crippen LogP contribution is -2.63. The highest BCUT2D eigenvalue weighted by Gasteiger charge is 2.50. The molecular weight excluding hydrogens is 426 g/mol. The first-order valence-corrected chi connectivity index (χ1v) is 9.94. The molecule has 2 bridgehead atoms. The number of pyridine rings is 1. The minimum Gasteiger partial charge on any atom is -0.470 e. The van der Waals surface area contributed by atoms with E-state index in [9.17, 15) is 26.3 Å². The van der Waals surface area contributed by atoms with Crippen molar-refractivity contribution in [1.29, 1.82) is 0 Å². The molecule has 0 radical (unpaired) electrons. The van der Waals surface area contributed by atoms with Gasteiger partial charge in [-0.15, -0.1) is 0 Å². The Hall–Kier alpha value is -2.49. The second-order valence-corrected chi connectivity index (χ2v) is 7.81. The lowest BCUT2D eigenvalue weighted by molar-refractivity contribution is -0.287. The van der Waals surface area contributed by atoms with Gasteiger partial charge in [0.15, 0.2) is 5.72 Å². The predicted molar refractivity (Wildman–Crippen MR) is 98.0 cm³/mol. The van der Waals surface area contributed by atoms with Crippen LogP contribution in [0.1, 0.15) is 49.7 Å². The van der Waals surface area contributed by atoms with Crippen LogP contribution >= 0.6 is 0 Å². The van der Waals surface area contributed by atoms with E-state index in [4.69, 9.17) is 9.57 Å². The summed E-state index contributed by atoms with van der Waals surface area (Å²) in [5.41, 5.74) is -2.58. The zero-order valence-electron chi connectivity index (χ0n) is 16.3. The van der Waals surface area contributed by atoms with Gasteiger partial charge < -0.3 is 9.57 Å². The Morgan fingerprint density at radius 2 is 1.42 bits per heavy atom. The van der Waals surface area contributed by atoms with E-state index in [1.54, 1.807) is 5.06 Å². The van der Waals surface area contributed by atoms with Crippen molar-refractivity contribution >= 4 is 0 Å². The van der Waals surface area contributed by atoms with Crippen LogP contribution in [0.5, 0.6) is 11.6 Å². The third-order valence-electron chi connectivity index (χ3n) is 5.69. The minimum atomic E-state index is -4.50. The Morgan fingerprint density at radius 1 is 0.839 bits per heavy atom. The largest absolute Gasteiger partial charge is 0.470 e. The molecule has 2 aliphatic rings. The molecule has 2 fully saturated rings. The molecule has 31 heavy (non-hydrogen) atoms. The highest BCUT2D eigenvalue weighted by molar-refractivity contribution is 5.29. The number of halogens is 6. The maximum atomic E-state index is 12.8. The second kappa shape index (κ2) is 7.89. The maximum Gasteiger partial charge on any atom is 0.417 e. The molecule has 0 N–H and O–H groups in total. The average Bonchev–Trinajstić information content (AvgIpc) is 2.68. The summed E-state index contributed by atoms with van der Waals surface area (Å²) in [7, 11) is 0. The van der Waals surface area contributed by atoms with E-state index in [-0.39, 0.29) is 17.7 Å². The summed E-state index contributed by atoms with van der Waals surface area (Å²) in [5, 5.41) is 1.63. The zero-order chi connectivity index (χ0) is 22.3. The molecule has 0 spiro atoms. The summed E-state index contributed by atoms with van der Waals surface area (Å²) in [5.74, 6) is 0.270. The number of ether oxygens (including phenoxy) is 1. The summed E-state index contributed by atoms with van der Waals surface area (Å²) >= 11 is 0. The van der Waals surface area contributed by atoms with Crippen molar-refractivity contribution in [3.05, 3.63) is 53.7 Å². The number of aromatic nitrogens is 1. The molecule has 2 aliphatic heterocycles. The highest BCUT2D eigenvalue weighted by atomic mass is 19.4. The predicted octanol–water partition coefficient (Wildman–Crippen LogP) is 6.23. The van der Waals surface area contributed by atoms with Crippen molar-refractivity contribution in [2.45, 2.75) is 62.6 Å². The molecule has 0 atom stereocenters. The first kappa shape index (κ1) is 21.7. The topological polar surface area (TPSA) is 34.6 Å². The highest BCUT2D eigenvalue weighted by Crippen LogP contribution is 2.44. The third-order valence-corrected chi connectivity index (χ3v) is 5.69. The van der Waals surface area contributed by atoms with Gasteiger partial charge in [-0.1, -0.05) is 5.06 Å². The molecule has 168 valence electrons. The molecule has 0 amide bonds. The standard InChI is InChI=1S/C21H20F6N2O2/c22-20(23,24)14-5-8-17(9-6-14)30-19-11-1-3-16(4-2-12-19)29(19)31-18-10-7-15(13-28-18)21(25,26)27/h5-10,13,16H,1-4,11-12H2. The van der Waals surface area contributed by atoms with Gasteiger partial charge in [0, 0.05) is 25.1 Å². The monoisotopic (exact) mass is 446 g/mol. The van der Waals surface area contributed by atoms with E-state index in [1.807, 2.05) is 0 Å². The van der Waals surface area contributed by atoms with Crippen molar-refractivity contribution in [1.82, 2.24) is 10.0 Å². The lowest BCUT2D eigenvalue weighted by atomic mass is 9.83. The Balaban J connectivity index is 1.57. The van der Waals surface area contributed by atoms with Gasteiger partial charge in [-0.05, 0) is 56.0 Å². The Bertz CT molecular complexity index is 886. The molecule has 0 unspecified atom stereocenters. The Kier molecular flexibility index (Phi) is 5.53. The molecule has 1 aromatic heterocycles. The SMILES string of the molecule is FC(F)(F)c1ccc(OC23CCCC(CCC2)N3Oc2ccc(C(F)(F)F)cn2)cc1. The first-order chi connectivity index (χ1) is 14.6. The van der Waals surface area contributed by atoms with Crippen molar-refractivity contribution in [3.8, 4) is 11.6 Å². The summed E-state index contributed by atoms with van der Waals surface area (Å²) in [6.07, 6.45) is -3.77. The van der Waals surface area contributed by atoms with E-state index in [1.165, 1.54) is 12.1 Å². The number of hydroxylamine groups is 2. The van der Waals surface area contributed by atoms with Crippen molar-refractivity contribution < 1.29 is 35.9 Å². The van der Waals surface area contributed by atoms with Crippen LogP contribution in [-0.4, -0.2) is 21.8 Å². The van der Waals surface area contributed by atoms with E-state index < -0.39 is 29.2 Å². The smallest absolute Gasteiger partial charge is 0.417 e. The molecule has 10 heteroatoms. The molecule has 0 aliphatic carbocycles. The van der Waals surface area contributed by atoms with Gasteiger partial charge in [-0.25, -0.2) is 4.98 Å². The molecule has 4 rings (SSSR count). The van der Waals surface area contributed by atoms with Gasteiger partial charge in [-0.2, -0.15) is 26.3 Å². The number of benzene rings is 1. The van der Waals surface area contributed by atoms with Crippen molar-refractivity contribution in [3.63, 3.8) is 0 Å². The molecule has 3 heterocycles. The molecule has 1 aromatic carbocycles. The number of hydrogen-bond donors (Lipinski definition) is 0. The van der Waals surface area contributed by atoms with Gasteiger partial charge in [0.2, 0.25) is 5.88 Å². The normalized spacial score (nSPS) is 24.6. The van der Waals surface area contributed by atoms with Crippen LogP contribution in [0, 0.1) is 0 Å². The zero-order valence-corrected chi connectivity index (χ0v) is 16.3. The third kappa shape index (κ3) is 4.58. The molecule has 0 saturated carbocycles. The number of nitrogens with zero attached hydrogens (tertiary/aromatic N) is 2. The summed E-state index contributed by atoms with van der Waals surface area (Å²) in [6, 6.07) is 6.47. The average molecular weight is 446 g/mol. The van der Waals surface area contributed by atoms with E-state index in [2.05, 4.69) is 4.98 Å². The molecular formula is C21H20F6N2O2. The fourth-order valence-electron chi connectivity index (χ4n) is 4.22. The quantitative estimate of drug-likeness (QED) is 0.522. The number of rotatable bonds is 4. The Morgan fingerprint density at radius 3 is 1.94 bits per heavy atom. The summed E-state index contributed by atoms with van der Waals surface area (Å²) < 4.78 is 83.1. The first-order valence-electron chi connectivity index (χ1n) is 9.94. The van der Waals surface area contributed by atoms with Crippen LogP contribution in [0.25, 0.3) is 0 Å². The van der Waals surface area contributed by atoms with Crippen LogP contribution in [0.15, 0.2) is 42.6 Å². The molecule has 2 aromatic rings. The van der Waals surface area contributed by atoms with E-state index >= 15 is 0 Å². The van der Waals surface area contributed by atoms with Gasteiger partial charge in [0.1, 0.15) is 5.75 Å². The molecule has 4 nitrogen and oxygen atoms in total. The maximum absolute atomic E-state index is 12.8. The van der Waals surface area contributed by atoms with Crippen LogP contribution in [0.3, 0.4) is 0 Å². The van der Waals surface area contributed by atoms with Crippen LogP contribution in [0.2, 0.25) is 0 Å². The summed E-state index contributed by atoms with van der Waals surface area (Å²) in [6.45, 7) is 0. The van der Waals surface area contributed by atoms with Crippen LogP contribution in [0.4, 0.5) is 26.3 Å². The van der Waals surface area contributed by atoms with Crippen LogP contribution in [-0.2, 0) is 12.4 Å². The number of hydrogen-bond acceptors (Lipinski definition) is 4. The Labute approximate surface area is 174 Å². The van der Waals surface area contributed by atoms with Gasteiger partial charge in [-0.3, -0.25) is 0 Å². The van der Waals surface area contributed by atoms with E-state index in [0.717, 1.165) is 49.9 Å². The molecule has 2 saturated heterocycles. The van der Waals surface area contributed by atoms with Gasteiger partial charge >= 0.3 is 12.4 Å². The van der Waals surface area contributed by atoms with Gasteiger partial charge in [0.05, 0.1) is 17.2 Å². The van der Waals surface area contributed by atoms with Crippen molar-refractivity contribution in [2.24, 2.45) is 0 Å². The number of fused-ring (bicyclic) bond motifs is 2. The summed E-state index contributed by atoms with van der Waals surface area (Å²) in [4.78, 5) is 9.67. The fraction of sp³-hybridized carbons (Fsp3) is 0.476. The second-order valence-electron chi connectivity index (χ2n) is 7.81. The minimum absolute atomic E-state index is 0.00203. The fourth-order valence-corrected chi connectivity index (χ4v) is 4.22. The number of piperidine rings is 2. The van der Waals surface area contributed by atoms with Gasteiger partial charge in [0.25, 0.3) is 0 Å².